The predicted octanol–water partition coefficient (Wildman–Crippen LogP) is -0.485. The van der Waals surface area contributed by atoms with Gasteiger partial charge in [-0.15, -0.1) is 0 Å². The molecule has 0 atom stereocenters. The first kappa shape index (κ1) is 14.1. The van der Waals surface area contributed by atoms with Crippen LogP contribution < -0.4 is 10.9 Å². The number of carbonyl (C=O) groups is 2. The van der Waals surface area contributed by atoms with Crippen molar-refractivity contribution in [2.24, 2.45) is 0 Å². The van der Waals surface area contributed by atoms with Gasteiger partial charge in [0.05, 0.1) is 20.1 Å². The molecular formula is C12H16N2O4. The summed E-state index contributed by atoms with van der Waals surface area (Å²) in [4.78, 5) is 22.3. The predicted molar refractivity (Wildman–Crippen MR) is 64.2 cm³/mol. The van der Waals surface area contributed by atoms with E-state index in [9.17, 15) is 9.59 Å². The van der Waals surface area contributed by atoms with Gasteiger partial charge in [0.15, 0.2) is 0 Å². The highest BCUT2D eigenvalue weighted by molar-refractivity contribution is 5.79. The first-order valence-electron chi connectivity index (χ1n) is 5.43. The molecule has 0 heterocycles. The van der Waals surface area contributed by atoms with Crippen LogP contribution in [-0.4, -0.2) is 30.6 Å². The number of methoxy groups -OCH3 is 1. The summed E-state index contributed by atoms with van der Waals surface area (Å²) in [5.41, 5.74) is 6.29. The highest BCUT2D eigenvalue weighted by atomic mass is 16.5. The maximum atomic E-state index is 11.5. The molecule has 6 heteroatoms. The Kier molecular flexibility index (Phi) is 5.83. The molecule has 0 bridgehead atoms. The van der Waals surface area contributed by atoms with Crippen molar-refractivity contribution < 1.29 is 19.4 Å². The van der Waals surface area contributed by atoms with Crippen molar-refractivity contribution in [1.82, 2.24) is 10.9 Å². The zero-order chi connectivity index (χ0) is 13.4. The Morgan fingerprint density at radius 3 is 2.56 bits per heavy atom. The number of benzene rings is 1. The number of amides is 1. The maximum absolute atomic E-state index is 11.5. The topological polar surface area (TPSA) is 87.7 Å². The third-order valence-electron chi connectivity index (χ3n) is 2.33. The molecular weight excluding hydrogens is 236 g/mol. The normalized spacial score (nSPS) is 9.89. The lowest BCUT2D eigenvalue weighted by atomic mass is 10.1. The molecule has 98 valence electrons. The molecule has 0 saturated carbocycles. The van der Waals surface area contributed by atoms with E-state index >= 15 is 0 Å². The summed E-state index contributed by atoms with van der Waals surface area (Å²) in [7, 11) is 1.27. The second-order valence-corrected chi connectivity index (χ2v) is 3.58. The van der Waals surface area contributed by atoms with Gasteiger partial charge in [-0.25, -0.2) is 5.43 Å². The lowest BCUT2D eigenvalue weighted by Crippen LogP contribution is -2.41. The minimum Gasteiger partial charge on any atom is -0.468 e. The van der Waals surface area contributed by atoms with Crippen LogP contribution in [-0.2, 0) is 27.4 Å². The van der Waals surface area contributed by atoms with Gasteiger partial charge in [0, 0.05) is 0 Å². The van der Waals surface area contributed by atoms with Crippen LogP contribution in [0.25, 0.3) is 0 Å². The Balaban J connectivity index is 2.42. The number of aliphatic hydroxyl groups excluding tert-OH is 1. The van der Waals surface area contributed by atoms with Crippen LogP contribution in [0, 0.1) is 0 Å². The van der Waals surface area contributed by atoms with Crippen molar-refractivity contribution in [1.29, 1.82) is 0 Å². The number of hydrogen-bond donors (Lipinski definition) is 3. The molecule has 0 aromatic heterocycles. The lowest BCUT2D eigenvalue weighted by molar-refractivity contribution is -0.139. The summed E-state index contributed by atoms with van der Waals surface area (Å²) in [5, 5.41) is 9.10. The van der Waals surface area contributed by atoms with Crippen LogP contribution in [0.3, 0.4) is 0 Å². The van der Waals surface area contributed by atoms with E-state index in [-0.39, 0.29) is 25.5 Å². The number of ether oxygens (including phenoxy) is 1. The van der Waals surface area contributed by atoms with Crippen LogP contribution in [0.4, 0.5) is 0 Å². The van der Waals surface area contributed by atoms with Gasteiger partial charge in [-0.1, -0.05) is 24.3 Å². The summed E-state index contributed by atoms with van der Waals surface area (Å²) in [5.74, 6) is -0.758. The van der Waals surface area contributed by atoms with Gasteiger partial charge in [-0.3, -0.25) is 15.0 Å². The third-order valence-corrected chi connectivity index (χ3v) is 2.33. The molecule has 0 aliphatic heterocycles. The Morgan fingerprint density at radius 1 is 1.28 bits per heavy atom. The number of esters is 1. The fourth-order valence-corrected chi connectivity index (χ4v) is 1.39. The highest BCUT2D eigenvalue weighted by Gasteiger charge is 2.07. The molecule has 18 heavy (non-hydrogen) atoms. The average Bonchev–Trinajstić information content (AvgIpc) is 2.39. The van der Waals surface area contributed by atoms with Crippen molar-refractivity contribution in [3.63, 3.8) is 0 Å². The van der Waals surface area contributed by atoms with Gasteiger partial charge in [-0.2, -0.15) is 0 Å². The Bertz CT molecular complexity index is 420. The van der Waals surface area contributed by atoms with E-state index in [0.717, 1.165) is 5.56 Å². The van der Waals surface area contributed by atoms with Crippen molar-refractivity contribution in [2.45, 2.75) is 13.0 Å². The van der Waals surface area contributed by atoms with Gasteiger partial charge in [0.25, 0.3) is 0 Å². The Labute approximate surface area is 105 Å². The second-order valence-electron chi connectivity index (χ2n) is 3.58. The summed E-state index contributed by atoms with van der Waals surface area (Å²) < 4.78 is 4.40. The van der Waals surface area contributed by atoms with Crippen LogP contribution in [0.15, 0.2) is 24.3 Å². The van der Waals surface area contributed by atoms with Crippen LogP contribution >= 0.6 is 0 Å². The number of nitrogens with one attached hydrogen (secondary N) is 2. The quantitative estimate of drug-likeness (QED) is 0.470. The number of aliphatic hydroxyl groups is 1. The van der Waals surface area contributed by atoms with Crippen LogP contribution in [0.5, 0.6) is 0 Å². The van der Waals surface area contributed by atoms with Gasteiger partial charge in [0.2, 0.25) is 5.91 Å². The first-order chi connectivity index (χ1) is 8.67. The second kappa shape index (κ2) is 7.41. The SMILES string of the molecule is COC(=O)CNNC(=O)Cc1ccccc1CO. The molecule has 0 unspecified atom stereocenters. The lowest BCUT2D eigenvalue weighted by Gasteiger charge is -2.08. The third kappa shape index (κ3) is 4.52. The van der Waals surface area contributed by atoms with Gasteiger partial charge < -0.3 is 9.84 Å². The molecule has 1 rings (SSSR count). The zero-order valence-corrected chi connectivity index (χ0v) is 10.1. The van der Waals surface area contributed by atoms with E-state index in [0.29, 0.717) is 5.56 Å². The molecule has 1 aromatic carbocycles. The number of rotatable bonds is 6. The maximum Gasteiger partial charge on any atom is 0.321 e. The molecule has 1 aromatic rings. The summed E-state index contributed by atoms with van der Waals surface area (Å²) in [6.45, 7) is -0.205. The van der Waals surface area contributed by atoms with Crippen molar-refractivity contribution >= 4 is 11.9 Å². The van der Waals surface area contributed by atoms with Gasteiger partial charge in [-0.05, 0) is 11.1 Å². The molecule has 0 aliphatic rings. The fraction of sp³-hybridized carbons (Fsp3) is 0.333. The Hall–Kier alpha value is -1.92. The van der Waals surface area contributed by atoms with Crippen LogP contribution in [0.1, 0.15) is 11.1 Å². The molecule has 0 spiro atoms. The molecule has 6 nitrogen and oxygen atoms in total. The molecule has 0 aliphatic carbocycles. The van der Waals surface area contributed by atoms with E-state index in [2.05, 4.69) is 15.6 Å². The molecule has 0 fully saturated rings. The number of hydrogen-bond acceptors (Lipinski definition) is 5. The fourth-order valence-electron chi connectivity index (χ4n) is 1.39. The Morgan fingerprint density at radius 2 is 1.94 bits per heavy atom. The standard InChI is InChI=1S/C12H16N2O4/c1-18-12(17)7-13-14-11(16)6-9-4-2-3-5-10(9)8-15/h2-5,13,15H,6-8H2,1H3,(H,14,16). The molecule has 0 radical (unpaired) electrons. The van der Waals surface area contributed by atoms with E-state index in [1.54, 1.807) is 24.3 Å². The molecule has 1 amide bonds. The monoisotopic (exact) mass is 252 g/mol. The summed E-state index contributed by atoms with van der Waals surface area (Å²) in [6, 6.07) is 7.11. The summed E-state index contributed by atoms with van der Waals surface area (Å²) >= 11 is 0. The van der Waals surface area contributed by atoms with E-state index < -0.39 is 5.97 Å². The highest BCUT2D eigenvalue weighted by Crippen LogP contribution is 2.08. The number of carbonyl (C=O) groups excluding carboxylic acids is 2. The minimum atomic E-state index is -0.467. The van der Waals surface area contributed by atoms with E-state index in [1.165, 1.54) is 7.11 Å². The van der Waals surface area contributed by atoms with Crippen molar-refractivity contribution in [3.8, 4) is 0 Å². The van der Waals surface area contributed by atoms with Crippen molar-refractivity contribution in [3.05, 3.63) is 35.4 Å². The molecule has 0 saturated heterocycles. The van der Waals surface area contributed by atoms with Gasteiger partial charge >= 0.3 is 5.97 Å². The minimum absolute atomic E-state index is 0.0934. The smallest absolute Gasteiger partial charge is 0.321 e. The summed E-state index contributed by atoms with van der Waals surface area (Å²) in [6.07, 6.45) is 0.130. The van der Waals surface area contributed by atoms with Gasteiger partial charge in [0.1, 0.15) is 6.54 Å². The number of hydrazine groups is 1. The van der Waals surface area contributed by atoms with Crippen LogP contribution in [0.2, 0.25) is 0 Å². The van der Waals surface area contributed by atoms with E-state index in [4.69, 9.17) is 5.11 Å². The van der Waals surface area contributed by atoms with E-state index in [1.807, 2.05) is 0 Å². The molecule has 3 N–H and O–H groups in total. The largest absolute Gasteiger partial charge is 0.468 e. The first-order valence-corrected chi connectivity index (χ1v) is 5.43. The zero-order valence-electron chi connectivity index (χ0n) is 10.1. The average molecular weight is 252 g/mol. The van der Waals surface area contributed by atoms with Crippen molar-refractivity contribution in [2.75, 3.05) is 13.7 Å².